The van der Waals surface area contributed by atoms with Gasteiger partial charge in [0.25, 0.3) is 0 Å². The Kier molecular flexibility index (Phi) is 11.7. The monoisotopic (exact) mass is 922 g/mol. The molecule has 0 aliphatic heterocycles. The van der Waals surface area contributed by atoms with Gasteiger partial charge in [-0.25, -0.2) is 0 Å². The Balaban J connectivity index is 0.00000293. The maximum absolute atomic E-state index is 14.6. The van der Waals surface area contributed by atoms with Crippen LogP contribution in [0.25, 0.3) is 22.3 Å². The molecule has 0 radical (unpaired) electrons. The van der Waals surface area contributed by atoms with Gasteiger partial charge < -0.3 is 24.8 Å². The molecule has 0 nitrogen and oxygen atoms in total. The van der Waals surface area contributed by atoms with Crippen molar-refractivity contribution in [3.05, 3.63) is 161 Å². The minimum absolute atomic E-state index is 0. The molecule has 0 N–H and O–H groups in total. The van der Waals surface area contributed by atoms with E-state index in [0.717, 1.165) is 40.0 Å². The molecule has 1 atom stereocenters. The Morgan fingerprint density at radius 3 is 1.42 bits per heavy atom. The molecule has 0 bridgehead atoms. The van der Waals surface area contributed by atoms with Crippen molar-refractivity contribution in [2.75, 3.05) is 0 Å². The van der Waals surface area contributed by atoms with Crippen LogP contribution in [0.15, 0.2) is 105 Å². The van der Waals surface area contributed by atoms with Crippen LogP contribution < -0.4 is 24.8 Å². The van der Waals surface area contributed by atoms with Crippen LogP contribution in [0.1, 0.15) is 128 Å². The number of allylic oxidation sites excluding steroid dienone is 8. The topological polar surface area (TPSA) is 0 Å². The van der Waals surface area contributed by atoms with Gasteiger partial charge in [-0.1, -0.05) is 0 Å². The first-order valence-electron chi connectivity index (χ1n) is 19.8. The summed E-state index contributed by atoms with van der Waals surface area (Å²) in [6, 6.07) is 20.0. The molecule has 8 rings (SSSR count). The molecule has 4 aliphatic rings. The van der Waals surface area contributed by atoms with Crippen LogP contribution in [-0.4, -0.2) is 3.21 Å². The smallest absolute Gasteiger partial charge is 1.00 e. The Morgan fingerprint density at radius 1 is 0.627 bits per heavy atom. The van der Waals surface area contributed by atoms with E-state index in [4.69, 9.17) is 0 Å². The van der Waals surface area contributed by atoms with Gasteiger partial charge in [0.05, 0.1) is 0 Å². The second-order valence-electron chi connectivity index (χ2n) is 18.1. The molecule has 0 fully saturated rings. The Bertz CT molecular complexity index is 2430. The third-order valence-electron chi connectivity index (χ3n) is 12.8. The SMILES string of the molecule is CC1=CC(C)(C)c2cc3c(cc21)-c1cc2c(cc1[CH]3[Zr+2]([C]1=C(C)C(C(C)C)=CC1C)=[C](c1cccc(C(F)(F)F)c1)c1cccc(C(F)(F)F)c1)C(C)(C)C=C2C.[Cl-].[Cl-]. The molecule has 9 heteroatoms. The van der Waals surface area contributed by atoms with Gasteiger partial charge in [0, 0.05) is 0 Å². The summed E-state index contributed by atoms with van der Waals surface area (Å²) in [5, 5.41) is 0. The average molecular weight is 925 g/mol. The van der Waals surface area contributed by atoms with Crippen molar-refractivity contribution in [2.45, 2.75) is 96.0 Å². The molecule has 0 amide bonds. The van der Waals surface area contributed by atoms with Gasteiger partial charge in [-0.2, -0.15) is 0 Å². The second-order valence-corrected chi connectivity index (χ2v) is 24.1. The van der Waals surface area contributed by atoms with E-state index in [1.165, 1.54) is 66.5 Å². The van der Waals surface area contributed by atoms with E-state index in [9.17, 15) is 26.3 Å². The van der Waals surface area contributed by atoms with Crippen LogP contribution >= 0.6 is 0 Å². The molecule has 4 aliphatic carbocycles. The number of alkyl halides is 6. The molecule has 308 valence electrons. The molecule has 0 saturated carbocycles. The summed E-state index contributed by atoms with van der Waals surface area (Å²) in [7, 11) is 0. The molecule has 4 aromatic rings. The first-order valence-corrected chi connectivity index (χ1v) is 23.7. The third-order valence-corrected chi connectivity index (χ3v) is 22.0. The van der Waals surface area contributed by atoms with E-state index >= 15 is 0 Å². The van der Waals surface area contributed by atoms with E-state index in [2.05, 4.69) is 112 Å². The zero-order chi connectivity index (χ0) is 41.3. The van der Waals surface area contributed by atoms with Crippen LogP contribution in [0, 0.1) is 11.8 Å². The summed E-state index contributed by atoms with van der Waals surface area (Å²) in [6.07, 6.45) is -2.38. The van der Waals surface area contributed by atoms with E-state index in [-0.39, 0.29) is 51.1 Å². The predicted octanol–water partition coefficient (Wildman–Crippen LogP) is 8.58. The zero-order valence-corrected chi connectivity index (χ0v) is 38.9. The number of hydrogen-bond donors (Lipinski definition) is 0. The van der Waals surface area contributed by atoms with Gasteiger partial charge in [0.1, 0.15) is 0 Å². The van der Waals surface area contributed by atoms with Gasteiger partial charge in [-0.05, 0) is 0 Å². The molecule has 4 aromatic carbocycles. The van der Waals surface area contributed by atoms with Gasteiger partial charge in [-0.15, -0.1) is 0 Å². The fraction of sp³-hybridized carbons (Fsp3) is 0.340. The summed E-state index contributed by atoms with van der Waals surface area (Å²) >= 11 is -3.87. The summed E-state index contributed by atoms with van der Waals surface area (Å²) < 4.78 is 89.3. The number of halogens is 8. The fourth-order valence-corrected chi connectivity index (χ4v) is 20.3. The van der Waals surface area contributed by atoms with E-state index in [0.29, 0.717) is 14.3 Å². The molecular weight excluding hydrogens is 877 g/mol. The van der Waals surface area contributed by atoms with E-state index in [1.807, 2.05) is 0 Å². The summed E-state index contributed by atoms with van der Waals surface area (Å²) in [6.45, 7) is 21.7. The van der Waals surface area contributed by atoms with Crippen molar-refractivity contribution >= 4 is 14.4 Å². The number of rotatable bonds is 5. The minimum atomic E-state index is -4.64. The maximum Gasteiger partial charge on any atom is -1.00 e. The summed E-state index contributed by atoms with van der Waals surface area (Å²) in [5.74, 6) is 0.153. The Labute approximate surface area is 364 Å². The largest absolute Gasteiger partial charge is 1.00 e. The molecule has 1 unspecified atom stereocenters. The molecule has 0 aromatic heterocycles. The molecule has 0 spiro atoms. The molecule has 0 saturated heterocycles. The minimum Gasteiger partial charge on any atom is -1.00 e. The standard InChI is InChI=1S/C25H25.C15H8F6.C10H15.2ClH.Zr/c1-14-12-24(3,4)22-8-16-7-17-9-23-19(15(2)13-25(23,5)6)11-21(17)20(16)10-18(14)22;16-14(17,18)12-5-1-3-10(8-12)7-11-4-2-6-13(9-11)15(19,20)21;1-7(2)10-6-8(3)5-9(10)4;;;/h7-13H,1-6H3;1-6,8-9H;6-8H,1-4H3;2*1H;/q;;;;;+2/p-2. The summed E-state index contributed by atoms with van der Waals surface area (Å²) in [5.41, 5.74) is 12.6. The van der Waals surface area contributed by atoms with Crippen molar-refractivity contribution < 1.29 is 72.4 Å². The van der Waals surface area contributed by atoms with Crippen LogP contribution in [-0.2, 0) is 44.4 Å². The fourth-order valence-electron chi connectivity index (χ4n) is 10.4. The van der Waals surface area contributed by atoms with Gasteiger partial charge >= 0.3 is 342 Å². The zero-order valence-electron chi connectivity index (χ0n) is 34.9. The number of benzene rings is 4. The van der Waals surface area contributed by atoms with Gasteiger partial charge in [0.15, 0.2) is 0 Å². The van der Waals surface area contributed by atoms with Crippen molar-refractivity contribution in [3.8, 4) is 11.1 Å². The average Bonchev–Trinajstić information content (AvgIpc) is 3.75. The van der Waals surface area contributed by atoms with Crippen LogP contribution in [0.4, 0.5) is 26.3 Å². The van der Waals surface area contributed by atoms with Crippen molar-refractivity contribution in [3.63, 3.8) is 0 Å². The molecule has 0 heterocycles. The number of hydrogen-bond acceptors (Lipinski definition) is 0. The van der Waals surface area contributed by atoms with Crippen molar-refractivity contribution in [2.24, 2.45) is 11.8 Å². The maximum atomic E-state index is 14.6. The number of fused-ring (bicyclic) bond motifs is 5. The first-order chi connectivity index (χ1) is 26.5. The van der Waals surface area contributed by atoms with Crippen LogP contribution in [0.2, 0.25) is 0 Å². The van der Waals surface area contributed by atoms with Crippen molar-refractivity contribution in [1.29, 1.82) is 0 Å². The molecule has 59 heavy (non-hydrogen) atoms. The summed E-state index contributed by atoms with van der Waals surface area (Å²) in [4.78, 5) is 0. The van der Waals surface area contributed by atoms with E-state index in [1.54, 1.807) is 12.1 Å². The second kappa shape index (κ2) is 15.3. The van der Waals surface area contributed by atoms with Crippen LogP contribution in [0.3, 0.4) is 0 Å². The third kappa shape index (κ3) is 7.48. The predicted molar refractivity (Wildman–Crippen MR) is 218 cm³/mol. The van der Waals surface area contributed by atoms with E-state index < -0.39 is 44.7 Å². The van der Waals surface area contributed by atoms with Gasteiger partial charge in [0.2, 0.25) is 0 Å². The first kappa shape index (κ1) is 45.3. The quantitative estimate of drug-likeness (QED) is 0.176. The normalized spacial score (nSPS) is 18.5. The molecular formula is C50H48Cl2F6Zr. The van der Waals surface area contributed by atoms with Gasteiger partial charge in [-0.3, -0.25) is 0 Å². The Morgan fingerprint density at radius 2 is 1.05 bits per heavy atom. The van der Waals surface area contributed by atoms with Crippen LogP contribution in [0.5, 0.6) is 0 Å². The van der Waals surface area contributed by atoms with Crippen molar-refractivity contribution in [1.82, 2.24) is 0 Å². The Hall–Kier alpha value is -3.25.